The lowest BCUT2D eigenvalue weighted by atomic mass is 10.0. The molecular weight excluding hydrogens is 286 g/mol. The summed E-state index contributed by atoms with van der Waals surface area (Å²) in [4.78, 5) is 22.7. The van der Waals surface area contributed by atoms with Gasteiger partial charge in [0, 0.05) is 25.2 Å². The Morgan fingerprint density at radius 3 is 2.55 bits per heavy atom. The van der Waals surface area contributed by atoms with Gasteiger partial charge in [-0.3, -0.25) is 9.48 Å². The molecule has 124 valence electrons. The molecule has 2 N–H and O–H groups in total. The molecule has 1 amide bonds. The third-order valence-electron chi connectivity index (χ3n) is 3.23. The van der Waals surface area contributed by atoms with Crippen molar-refractivity contribution in [2.24, 2.45) is 7.05 Å². The van der Waals surface area contributed by atoms with E-state index in [1.54, 1.807) is 31.6 Å². The molecule has 0 saturated heterocycles. The summed E-state index contributed by atoms with van der Waals surface area (Å²) in [5, 5.41) is 15.8. The number of carboxylic acids is 1. The second-order valence-corrected chi connectivity index (χ2v) is 6.36. The standard InChI is InChI=1S/C15H25N3O4/c1-10-11(9-16-18(10)5)8-12(6-7-13(19)20)17-14(21)22-15(2,3)4/h9,12H,6-8H2,1-5H3,(H,17,21)(H,19,20). The third-order valence-corrected chi connectivity index (χ3v) is 3.23. The topological polar surface area (TPSA) is 93.5 Å². The molecule has 0 saturated carbocycles. The number of aromatic nitrogens is 2. The SMILES string of the molecule is Cc1c(CC(CCC(=O)O)NC(=O)OC(C)(C)C)cnn1C. The molecule has 1 unspecified atom stereocenters. The van der Waals surface area contributed by atoms with Gasteiger partial charge in [-0.15, -0.1) is 0 Å². The van der Waals surface area contributed by atoms with Crippen LogP contribution in [0.25, 0.3) is 0 Å². The van der Waals surface area contributed by atoms with Crippen LogP contribution in [0.3, 0.4) is 0 Å². The molecule has 0 aromatic carbocycles. The van der Waals surface area contributed by atoms with Crippen LogP contribution < -0.4 is 5.32 Å². The van der Waals surface area contributed by atoms with Gasteiger partial charge in [0.1, 0.15) is 5.60 Å². The van der Waals surface area contributed by atoms with Gasteiger partial charge in [-0.2, -0.15) is 5.10 Å². The first-order valence-electron chi connectivity index (χ1n) is 7.27. The number of hydrogen-bond donors (Lipinski definition) is 2. The minimum Gasteiger partial charge on any atom is -0.481 e. The van der Waals surface area contributed by atoms with Crippen LogP contribution in [0.2, 0.25) is 0 Å². The maximum Gasteiger partial charge on any atom is 0.407 e. The molecule has 7 heteroatoms. The fraction of sp³-hybridized carbons (Fsp3) is 0.667. The van der Waals surface area contributed by atoms with E-state index in [0.29, 0.717) is 12.8 Å². The Labute approximate surface area is 130 Å². The first kappa shape index (κ1) is 18.0. The molecular formula is C15H25N3O4. The monoisotopic (exact) mass is 311 g/mol. The Hall–Kier alpha value is -2.05. The van der Waals surface area contributed by atoms with Crippen molar-refractivity contribution in [2.75, 3.05) is 0 Å². The van der Waals surface area contributed by atoms with Crippen molar-refractivity contribution in [1.82, 2.24) is 15.1 Å². The minimum absolute atomic E-state index is 0.0141. The Kier molecular flexibility index (Phi) is 5.96. The molecule has 0 aliphatic carbocycles. The molecule has 7 nitrogen and oxygen atoms in total. The summed E-state index contributed by atoms with van der Waals surface area (Å²) < 4.78 is 6.98. The molecule has 1 aromatic heterocycles. The average Bonchev–Trinajstić information content (AvgIpc) is 2.65. The second kappa shape index (κ2) is 7.29. The van der Waals surface area contributed by atoms with Gasteiger partial charge in [0.05, 0.1) is 6.20 Å². The molecule has 0 aliphatic rings. The number of aryl methyl sites for hydroxylation is 1. The molecule has 1 atom stereocenters. The van der Waals surface area contributed by atoms with Gasteiger partial charge in [0.2, 0.25) is 0 Å². The number of carbonyl (C=O) groups is 2. The van der Waals surface area contributed by atoms with Crippen molar-refractivity contribution >= 4 is 12.1 Å². The van der Waals surface area contributed by atoms with Crippen molar-refractivity contribution < 1.29 is 19.4 Å². The van der Waals surface area contributed by atoms with Crippen LogP contribution in [0.4, 0.5) is 4.79 Å². The highest BCUT2D eigenvalue weighted by Crippen LogP contribution is 2.13. The highest BCUT2D eigenvalue weighted by molar-refractivity contribution is 5.69. The minimum atomic E-state index is -0.890. The van der Waals surface area contributed by atoms with Crippen molar-refractivity contribution in [3.8, 4) is 0 Å². The van der Waals surface area contributed by atoms with Crippen LogP contribution in [-0.2, 0) is 23.0 Å². The van der Waals surface area contributed by atoms with Crippen LogP contribution in [-0.4, -0.2) is 38.6 Å². The molecule has 1 rings (SSSR count). The first-order chi connectivity index (χ1) is 10.1. The van der Waals surface area contributed by atoms with E-state index in [1.165, 1.54) is 0 Å². The maximum absolute atomic E-state index is 11.9. The fourth-order valence-corrected chi connectivity index (χ4v) is 2.01. The molecule has 0 bridgehead atoms. The third kappa shape index (κ3) is 6.15. The highest BCUT2D eigenvalue weighted by atomic mass is 16.6. The number of ether oxygens (including phenoxy) is 1. The predicted octanol–water partition coefficient (Wildman–Crippen LogP) is 2.03. The van der Waals surface area contributed by atoms with Gasteiger partial charge in [-0.1, -0.05) is 0 Å². The van der Waals surface area contributed by atoms with E-state index in [-0.39, 0.29) is 12.5 Å². The lowest BCUT2D eigenvalue weighted by Crippen LogP contribution is -2.40. The van der Waals surface area contributed by atoms with Gasteiger partial charge >= 0.3 is 12.1 Å². The van der Waals surface area contributed by atoms with E-state index in [9.17, 15) is 9.59 Å². The van der Waals surface area contributed by atoms with E-state index >= 15 is 0 Å². The summed E-state index contributed by atoms with van der Waals surface area (Å²) in [7, 11) is 1.84. The van der Waals surface area contributed by atoms with Gasteiger partial charge in [-0.05, 0) is 46.1 Å². The Bertz CT molecular complexity index is 531. The number of nitrogens with zero attached hydrogens (tertiary/aromatic N) is 2. The van der Waals surface area contributed by atoms with Gasteiger partial charge in [0.25, 0.3) is 0 Å². The van der Waals surface area contributed by atoms with Crippen LogP contribution in [0, 0.1) is 6.92 Å². The first-order valence-corrected chi connectivity index (χ1v) is 7.27. The van der Waals surface area contributed by atoms with Crippen molar-refractivity contribution in [1.29, 1.82) is 0 Å². The molecule has 0 aliphatic heterocycles. The second-order valence-electron chi connectivity index (χ2n) is 6.36. The summed E-state index contributed by atoms with van der Waals surface area (Å²) in [5.41, 5.74) is 1.38. The molecule has 0 spiro atoms. The predicted molar refractivity (Wildman–Crippen MR) is 81.7 cm³/mol. The quantitative estimate of drug-likeness (QED) is 0.838. The maximum atomic E-state index is 11.9. The van der Waals surface area contributed by atoms with Crippen LogP contribution >= 0.6 is 0 Å². The van der Waals surface area contributed by atoms with E-state index in [4.69, 9.17) is 9.84 Å². The summed E-state index contributed by atoms with van der Waals surface area (Å²) in [6.45, 7) is 7.28. The van der Waals surface area contributed by atoms with E-state index in [2.05, 4.69) is 10.4 Å². The summed E-state index contributed by atoms with van der Waals surface area (Å²) in [6.07, 6.45) is 2.04. The van der Waals surface area contributed by atoms with Gasteiger partial charge in [0.15, 0.2) is 0 Å². The zero-order valence-corrected chi connectivity index (χ0v) is 13.8. The van der Waals surface area contributed by atoms with Gasteiger partial charge in [-0.25, -0.2) is 4.79 Å². The molecule has 0 radical (unpaired) electrons. The van der Waals surface area contributed by atoms with Crippen molar-refractivity contribution in [2.45, 2.75) is 58.6 Å². The summed E-state index contributed by atoms with van der Waals surface area (Å²) in [6, 6.07) is -0.311. The smallest absolute Gasteiger partial charge is 0.407 e. The molecule has 22 heavy (non-hydrogen) atoms. The highest BCUT2D eigenvalue weighted by Gasteiger charge is 2.21. The number of nitrogens with one attached hydrogen (secondary N) is 1. The number of carbonyl (C=O) groups excluding carboxylic acids is 1. The number of aliphatic carboxylic acids is 1. The summed E-state index contributed by atoms with van der Waals surface area (Å²) in [5.74, 6) is -0.890. The molecule has 0 fully saturated rings. The Morgan fingerprint density at radius 1 is 1.45 bits per heavy atom. The van der Waals surface area contributed by atoms with Crippen molar-refractivity contribution in [3.63, 3.8) is 0 Å². The normalized spacial score (nSPS) is 12.8. The largest absolute Gasteiger partial charge is 0.481 e. The number of alkyl carbamates (subject to hydrolysis) is 1. The van der Waals surface area contributed by atoms with Crippen molar-refractivity contribution in [3.05, 3.63) is 17.5 Å². The van der Waals surface area contributed by atoms with Crippen LogP contribution in [0.5, 0.6) is 0 Å². The number of rotatable bonds is 6. The van der Waals surface area contributed by atoms with E-state index < -0.39 is 17.7 Å². The fourth-order valence-electron chi connectivity index (χ4n) is 2.01. The number of hydrogen-bond acceptors (Lipinski definition) is 4. The lowest BCUT2D eigenvalue weighted by Gasteiger charge is -2.23. The summed E-state index contributed by atoms with van der Waals surface area (Å²) >= 11 is 0. The van der Waals surface area contributed by atoms with Crippen LogP contribution in [0.15, 0.2) is 6.20 Å². The Morgan fingerprint density at radius 2 is 2.09 bits per heavy atom. The van der Waals surface area contributed by atoms with Crippen LogP contribution in [0.1, 0.15) is 44.9 Å². The number of amides is 1. The lowest BCUT2D eigenvalue weighted by molar-refractivity contribution is -0.137. The average molecular weight is 311 g/mol. The number of carboxylic acid groups (broad SMARTS) is 1. The van der Waals surface area contributed by atoms with Gasteiger partial charge < -0.3 is 15.2 Å². The molecule has 1 aromatic rings. The zero-order chi connectivity index (χ0) is 16.9. The molecule has 1 heterocycles. The van der Waals surface area contributed by atoms with E-state index in [1.807, 2.05) is 14.0 Å². The zero-order valence-electron chi connectivity index (χ0n) is 13.8. The Balaban J connectivity index is 2.73. The van der Waals surface area contributed by atoms with E-state index in [0.717, 1.165) is 11.3 Å².